The molecule has 1 aromatic carbocycles. The van der Waals surface area contributed by atoms with Gasteiger partial charge in [-0.05, 0) is 31.4 Å². The van der Waals surface area contributed by atoms with Crippen molar-refractivity contribution >= 4 is 5.69 Å². The molecular weight excluding hydrogens is 208 g/mol. The Labute approximate surface area is 105 Å². The average Bonchev–Trinajstić information content (AvgIpc) is 2.28. The summed E-state index contributed by atoms with van der Waals surface area (Å²) in [5.41, 5.74) is 4.36. The molecule has 2 heteroatoms. The van der Waals surface area contributed by atoms with Crippen molar-refractivity contribution < 1.29 is 0 Å². The zero-order chi connectivity index (χ0) is 12.3. The molecule has 94 valence electrons. The summed E-state index contributed by atoms with van der Waals surface area (Å²) in [7, 11) is 0. The van der Waals surface area contributed by atoms with Crippen LogP contribution in [0.1, 0.15) is 31.4 Å². The van der Waals surface area contributed by atoms with Crippen LogP contribution >= 0.6 is 0 Å². The van der Waals surface area contributed by atoms with Gasteiger partial charge in [-0.15, -0.1) is 0 Å². The van der Waals surface area contributed by atoms with Gasteiger partial charge < -0.3 is 10.2 Å². The SMILES string of the molecule is Cc1ccc2c(c1)CCCN2CCNC(C)C. The van der Waals surface area contributed by atoms with Crippen molar-refractivity contribution in [1.82, 2.24) is 5.32 Å². The van der Waals surface area contributed by atoms with Crippen LogP contribution in [0.2, 0.25) is 0 Å². The first kappa shape index (κ1) is 12.4. The highest BCUT2D eigenvalue weighted by molar-refractivity contribution is 5.56. The van der Waals surface area contributed by atoms with E-state index in [0.717, 1.165) is 13.1 Å². The Hall–Kier alpha value is -1.02. The second-order valence-electron chi connectivity index (χ2n) is 5.33. The van der Waals surface area contributed by atoms with E-state index in [9.17, 15) is 0 Å². The van der Waals surface area contributed by atoms with Crippen LogP contribution in [0.4, 0.5) is 5.69 Å². The van der Waals surface area contributed by atoms with Crippen molar-refractivity contribution in [3.05, 3.63) is 29.3 Å². The fourth-order valence-corrected chi connectivity index (χ4v) is 2.52. The van der Waals surface area contributed by atoms with Crippen molar-refractivity contribution in [2.45, 2.75) is 39.7 Å². The van der Waals surface area contributed by atoms with Crippen molar-refractivity contribution in [2.75, 3.05) is 24.5 Å². The van der Waals surface area contributed by atoms with E-state index in [4.69, 9.17) is 0 Å². The zero-order valence-electron chi connectivity index (χ0n) is 11.3. The third kappa shape index (κ3) is 3.22. The maximum Gasteiger partial charge on any atom is 0.0399 e. The number of anilines is 1. The maximum atomic E-state index is 3.49. The van der Waals surface area contributed by atoms with Gasteiger partial charge in [0.2, 0.25) is 0 Å². The molecule has 0 bridgehead atoms. The van der Waals surface area contributed by atoms with Crippen molar-refractivity contribution in [3.63, 3.8) is 0 Å². The van der Waals surface area contributed by atoms with Gasteiger partial charge in [0.25, 0.3) is 0 Å². The summed E-state index contributed by atoms with van der Waals surface area (Å²) in [6.07, 6.45) is 2.53. The summed E-state index contributed by atoms with van der Waals surface area (Å²) >= 11 is 0. The summed E-state index contributed by atoms with van der Waals surface area (Å²) in [5, 5.41) is 3.49. The smallest absolute Gasteiger partial charge is 0.0399 e. The normalized spacial score (nSPS) is 15.2. The van der Waals surface area contributed by atoms with E-state index in [1.165, 1.54) is 36.2 Å². The van der Waals surface area contributed by atoms with Crippen LogP contribution in [0.3, 0.4) is 0 Å². The van der Waals surface area contributed by atoms with Gasteiger partial charge in [-0.3, -0.25) is 0 Å². The highest BCUT2D eigenvalue weighted by Crippen LogP contribution is 2.27. The lowest BCUT2D eigenvalue weighted by Gasteiger charge is -2.32. The summed E-state index contributed by atoms with van der Waals surface area (Å²) in [6.45, 7) is 9.98. The van der Waals surface area contributed by atoms with E-state index < -0.39 is 0 Å². The molecule has 0 amide bonds. The lowest BCUT2D eigenvalue weighted by atomic mass is 9.99. The van der Waals surface area contributed by atoms with E-state index in [2.05, 4.69) is 49.2 Å². The van der Waals surface area contributed by atoms with Gasteiger partial charge in [-0.2, -0.15) is 0 Å². The number of benzene rings is 1. The third-order valence-electron chi connectivity index (χ3n) is 3.38. The standard InChI is InChI=1S/C15H24N2/c1-12(2)16-8-10-17-9-4-5-14-11-13(3)6-7-15(14)17/h6-7,11-12,16H,4-5,8-10H2,1-3H3. The maximum absolute atomic E-state index is 3.49. The van der Waals surface area contributed by atoms with Crippen LogP contribution in [-0.4, -0.2) is 25.7 Å². The van der Waals surface area contributed by atoms with Gasteiger partial charge in [0.1, 0.15) is 0 Å². The topological polar surface area (TPSA) is 15.3 Å². The molecule has 0 aliphatic carbocycles. The molecule has 2 rings (SSSR count). The van der Waals surface area contributed by atoms with Gasteiger partial charge in [0.05, 0.1) is 0 Å². The van der Waals surface area contributed by atoms with Gasteiger partial charge >= 0.3 is 0 Å². The van der Waals surface area contributed by atoms with Crippen LogP contribution in [0.15, 0.2) is 18.2 Å². The van der Waals surface area contributed by atoms with Crippen molar-refractivity contribution in [3.8, 4) is 0 Å². The van der Waals surface area contributed by atoms with E-state index >= 15 is 0 Å². The quantitative estimate of drug-likeness (QED) is 0.858. The van der Waals surface area contributed by atoms with E-state index in [0.29, 0.717) is 6.04 Å². The van der Waals surface area contributed by atoms with Crippen molar-refractivity contribution in [1.29, 1.82) is 0 Å². The summed E-state index contributed by atoms with van der Waals surface area (Å²) in [4.78, 5) is 2.52. The summed E-state index contributed by atoms with van der Waals surface area (Å²) < 4.78 is 0. The summed E-state index contributed by atoms with van der Waals surface area (Å²) in [6, 6.07) is 7.45. The first-order chi connectivity index (χ1) is 8.16. The molecular formula is C15H24N2. The Balaban J connectivity index is 2.02. The zero-order valence-corrected chi connectivity index (χ0v) is 11.3. The van der Waals surface area contributed by atoms with E-state index in [1.807, 2.05) is 0 Å². The fourth-order valence-electron chi connectivity index (χ4n) is 2.52. The number of nitrogens with one attached hydrogen (secondary N) is 1. The minimum Gasteiger partial charge on any atom is -0.370 e. The van der Waals surface area contributed by atoms with Crippen LogP contribution < -0.4 is 10.2 Å². The Kier molecular flexibility index (Phi) is 4.06. The molecule has 0 atom stereocenters. The van der Waals surface area contributed by atoms with Crippen LogP contribution in [-0.2, 0) is 6.42 Å². The van der Waals surface area contributed by atoms with Gasteiger partial charge in [-0.1, -0.05) is 31.5 Å². The Morgan fingerprint density at radius 3 is 2.94 bits per heavy atom. The minimum absolute atomic E-state index is 0.581. The molecule has 2 nitrogen and oxygen atoms in total. The van der Waals surface area contributed by atoms with Gasteiger partial charge in [0.15, 0.2) is 0 Å². The number of aryl methyl sites for hydroxylation is 2. The Morgan fingerprint density at radius 1 is 1.35 bits per heavy atom. The third-order valence-corrected chi connectivity index (χ3v) is 3.38. The Bertz CT molecular complexity index is 371. The van der Waals surface area contributed by atoms with Crippen LogP contribution in [0.25, 0.3) is 0 Å². The number of hydrogen-bond acceptors (Lipinski definition) is 2. The lowest BCUT2D eigenvalue weighted by molar-refractivity contribution is 0.572. The molecule has 1 aromatic rings. The van der Waals surface area contributed by atoms with Gasteiger partial charge in [0, 0.05) is 31.4 Å². The first-order valence-electron chi connectivity index (χ1n) is 6.74. The molecule has 0 fully saturated rings. The molecule has 1 aliphatic rings. The molecule has 0 radical (unpaired) electrons. The number of nitrogens with zero attached hydrogens (tertiary/aromatic N) is 1. The Morgan fingerprint density at radius 2 is 2.18 bits per heavy atom. The second-order valence-corrected chi connectivity index (χ2v) is 5.33. The summed E-state index contributed by atoms with van der Waals surface area (Å²) in [5.74, 6) is 0. The predicted octanol–water partition coefficient (Wildman–Crippen LogP) is 2.75. The largest absolute Gasteiger partial charge is 0.370 e. The molecule has 0 saturated heterocycles. The van der Waals surface area contributed by atoms with Gasteiger partial charge in [-0.25, -0.2) is 0 Å². The second kappa shape index (κ2) is 5.54. The highest BCUT2D eigenvalue weighted by atomic mass is 15.1. The number of rotatable bonds is 4. The van der Waals surface area contributed by atoms with E-state index in [1.54, 1.807) is 0 Å². The van der Waals surface area contributed by atoms with Crippen molar-refractivity contribution in [2.24, 2.45) is 0 Å². The molecule has 0 aromatic heterocycles. The van der Waals surface area contributed by atoms with Crippen LogP contribution in [0, 0.1) is 6.92 Å². The lowest BCUT2D eigenvalue weighted by Crippen LogP contribution is -2.37. The van der Waals surface area contributed by atoms with E-state index in [-0.39, 0.29) is 0 Å². The molecule has 1 heterocycles. The molecule has 1 N–H and O–H groups in total. The monoisotopic (exact) mass is 232 g/mol. The average molecular weight is 232 g/mol. The first-order valence-corrected chi connectivity index (χ1v) is 6.74. The molecule has 17 heavy (non-hydrogen) atoms. The minimum atomic E-state index is 0.581. The predicted molar refractivity (Wildman–Crippen MR) is 74.9 cm³/mol. The highest BCUT2D eigenvalue weighted by Gasteiger charge is 2.15. The fraction of sp³-hybridized carbons (Fsp3) is 0.600. The van der Waals surface area contributed by atoms with Crippen LogP contribution in [0.5, 0.6) is 0 Å². The number of fused-ring (bicyclic) bond motifs is 1. The molecule has 0 saturated carbocycles. The molecule has 0 unspecified atom stereocenters. The number of hydrogen-bond donors (Lipinski definition) is 1. The molecule has 0 spiro atoms. The molecule has 1 aliphatic heterocycles.